The van der Waals surface area contributed by atoms with Gasteiger partial charge < -0.3 is 20.1 Å². The molecule has 1 aliphatic heterocycles. The number of alkyl halides is 2. The van der Waals surface area contributed by atoms with Crippen LogP contribution in [0.15, 0.2) is 24.5 Å². The minimum Gasteiger partial charge on any atom is -0.482 e. The van der Waals surface area contributed by atoms with Crippen molar-refractivity contribution in [1.29, 1.82) is 0 Å². The Morgan fingerprint density at radius 2 is 1.93 bits per heavy atom. The number of halogens is 4. The normalized spacial score (nSPS) is 18.5. The standard InChI is InChI=1S/C20H19Cl2F2N3O3/c21-12-7-25-8-13(22)17(12)27-19(28)11-5-6-14(30-20(23)24)18-16(11)26-9-15(29-18)10-3-1-2-4-10/h5-8,10,15,20,26H,1-4,9H2,(H,25,27,28). The van der Waals surface area contributed by atoms with Crippen molar-refractivity contribution in [3.63, 3.8) is 0 Å². The lowest BCUT2D eigenvalue weighted by Crippen LogP contribution is -2.37. The molecule has 1 aromatic carbocycles. The Bertz CT molecular complexity index is 935. The molecule has 10 heteroatoms. The second-order valence-corrected chi connectivity index (χ2v) is 8.02. The summed E-state index contributed by atoms with van der Waals surface area (Å²) in [5, 5.41) is 6.17. The molecule has 4 rings (SSSR count). The van der Waals surface area contributed by atoms with Crippen LogP contribution in [-0.2, 0) is 0 Å². The maximum atomic E-state index is 12.9. The van der Waals surface area contributed by atoms with Gasteiger partial charge in [-0.1, -0.05) is 36.0 Å². The molecule has 0 saturated heterocycles. The van der Waals surface area contributed by atoms with Crippen LogP contribution in [0.2, 0.25) is 10.0 Å². The van der Waals surface area contributed by atoms with Crippen LogP contribution in [0.1, 0.15) is 36.0 Å². The highest BCUT2D eigenvalue weighted by atomic mass is 35.5. The maximum Gasteiger partial charge on any atom is 0.387 e. The second kappa shape index (κ2) is 8.81. The average Bonchev–Trinajstić information content (AvgIpc) is 3.25. The number of pyridine rings is 1. The van der Waals surface area contributed by atoms with Gasteiger partial charge >= 0.3 is 6.61 Å². The van der Waals surface area contributed by atoms with E-state index in [2.05, 4.69) is 20.4 Å². The van der Waals surface area contributed by atoms with E-state index in [0.29, 0.717) is 18.2 Å². The Hall–Kier alpha value is -2.32. The number of nitrogens with zero attached hydrogens (tertiary/aromatic N) is 1. The van der Waals surface area contributed by atoms with Crippen molar-refractivity contribution in [1.82, 2.24) is 4.98 Å². The first-order valence-electron chi connectivity index (χ1n) is 9.56. The van der Waals surface area contributed by atoms with Gasteiger partial charge in [0.2, 0.25) is 0 Å². The van der Waals surface area contributed by atoms with Gasteiger partial charge in [0, 0.05) is 12.4 Å². The number of hydrogen-bond donors (Lipinski definition) is 2. The molecule has 2 N–H and O–H groups in total. The topological polar surface area (TPSA) is 72.5 Å². The molecule has 30 heavy (non-hydrogen) atoms. The number of carbonyl (C=O) groups is 1. The van der Waals surface area contributed by atoms with Crippen LogP contribution >= 0.6 is 23.2 Å². The number of nitrogens with one attached hydrogen (secondary N) is 2. The molecule has 2 heterocycles. The molecule has 1 aromatic heterocycles. The van der Waals surface area contributed by atoms with E-state index in [-0.39, 0.29) is 38.9 Å². The number of rotatable bonds is 5. The van der Waals surface area contributed by atoms with Crippen molar-refractivity contribution >= 4 is 40.5 Å². The number of hydrogen-bond acceptors (Lipinski definition) is 5. The Balaban J connectivity index is 1.66. The summed E-state index contributed by atoms with van der Waals surface area (Å²) in [6.07, 6.45) is 6.80. The summed E-state index contributed by atoms with van der Waals surface area (Å²) in [5.74, 6) is -0.207. The number of amides is 1. The minimum atomic E-state index is -3.02. The minimum absolute atomic E-state index is 0.109. The first kappa shape index (κ1) is 20.9. The zero-order chi connectivity index (χ0) is 21.3. The lowest BCUT2D eigenvalue weighted by molar-refractivity contribution is -0.0524. The number of benzene rings is 1. The Labute approximate surface area is 181 Å². The molecule has 0 spiro atoms. The highest BCUT2D eigenvalue weighted by molar-refractivity contribution is 6.39. The first-order chi connectivity index (χ1) is 14.4. The fourth-order valence-electron chi connectivity index (χ4n) is 3.93. The van der Waals surface area contributed by atoms with Gasteiger partial charge in [0.25, 0.3) is 5.91 Å². The molecule has 0 bridgehead atoms. The van der Waals surface area contributed by atoms with Crippen LogP contribution < -0.4 is 20.1 Å². The molecule has 1 amide bonds. The molecule has 1 atom stereocenters. The molecule has 0 radical (unpaired) electrons. The lowest BCUT2D eigenvalue weighted by atomic mass is 9.98. The Kier molecular flexibility index (Phi) is 6.15. The van der Waals surface area contributed by atoms with Gasteiger partial charge in [-0.15, -0.1) is 0 Å². The van der Waals surface area contributed by atoms with E-state index in [1.54, 1.807) is 0 Å². The second-order valence-electron chi connectivity index (χ2n) is 7.21. The quantitative estimate of drug-likeness (QED) is 0.610. The predicted octanol–water partition coefficient (Wildman–Crippen LogP) is 5.61. The van der Waals surface area contributed by atoms with Gasteiger partial charge in [-0.2, -0.15) is 8.78 Å². The zero-order valence-corrected chi connectivity index (χ0v) is 17.3. The molecule has 2 aromatic rings. The lowest BCUT2D eigenvalue weighted by Gasteiger charge is -2.33. The summed E-state index contributed by atoms with van der Waals surface area (Å²) in [5.41, 5.74) is 0.696. The molecule has 2 aliphatic rings. The highest BCUT2D eigenvalue weighted by Gasteiger charge is 2.34. The number of anilines is 2. The summed E-state index contributed by atoms with van der Waals surface area (Å²) < 4.78 is 36.5. The van der Waals surface area contributed by atoms with Crippen molar-refractivity contribution in [2.24, 2.45) is 5.92 Å². The van der Waals surface area contributed by atoms with E-state index in [9.17, 15) is 13.6 Å². The van der Waals surface area contributed by atoms with Crippen molar-refractivity contribution in [3.05, 3.63) is 40.1 Å². The van der Waals surface area contributed by atoms with Crippen molar-refractivity contribution in [2.75, 3.05) is 17.2 Å². The number of fused-ring (bicyclic) bond motifs is 1. The van der Waals surface area contributed by atoms with Gasteiger partial charge in [-0.05, 0) is 30.9 Å². The third-order valence-corrected chi connectivity index (χ3v) is 5.92. The van der Waals surface area contributed by atoms with Crippen LogP contribution in [0.25, 0.3) is 0 Å². The maximum absolute atomic E-state index is 12.9. The average molecular weight is 458 g/mol. The molecular formula is C20H19Cl2F2N3O3. The van der Waals surface area contributed by atoms with E-state index >= 15 is 0 Å². The number of carbonyl (C=O) groups excluding carboxylic acids is 1. The fourth-order valence-corrected chi connectivity index (χ4v) is 4.39. The number of aromatic nitrogens is 1. The van der Waals surface area contributed by atoms with E-state index < -0.39 is 12.5 Å². The summed E-state index contributed by atoms with van der Waals surface area (Å²) >= 11 is 12.1. The molecule has 1 unspecified atom stereocenters. The summed E-state index contributed by atoms with van der Waals surface area (Å²) in [6, 6.07) is 2.69. The van der Waals surface area contributed by atoms with E-state index in [1.165, 1.54) is 24.5 Å². The molecule has 1 aliphatic carbocycles. The highest BCUT2D eigenvalue weighted by Crippen LogP contribution is 2.44. The van der Waals surface area contributed by atoms with Crippen molar-refractivity contribution in [3.8, 4) is 11.5 Å². The van der Waals surface area contributed by atoms with Crippen LogP contribution in [0, 0.1) is 5.92 Å². The van der Waals surface area contributed by atoms with Gasteiger partial charge in [0.15, 0.2) is 11.5 Å². The Morgan fingerprint density at radius 1 is 1.23 bits per heavy atom. The number of ether oxygens (including phenoxy) is 2. The van der Waals surface area contributed by atoms with Crippen LogP contribution in [0.4, 0.5) is 20.2 Å². The smallest absolute Gasteiger partial charge is 0.387 e. The fraction of sp³-hybridized carbons (Fsp3) is 0.400. The first-order valence-corrected chi connectivity index (χ1v) is 10.3. The molecule has 160 valence electrons. The van der Waals surface area contributed by atoms with Gasteiger partial charge in [-0.3, -0.25) is 9.78 Å². The third-order valence-electron chi connectivity index (χ3n) is 5.35. The summed E-state index contributed by atoms with van der Waals surface area (Å²) in [7, 11) is 0. The van der Waals surface area contributed by atoms with Crippen LogP contribution in [0.5, 0.6) is 11.5 Å². The van der Waals surface area contributed by atoms with Crippen molar-refractivity contribution < 1.29 is 23.0 Å². The molecule has 1 fully saturated rings. The van der Waals surface area contributed by atoms with E-state index in [4.69, 9.17) is 27.9 Å². The molecular weight excluding hydrogens is 439 g/mol. The van der Waals surface area contributed by atoms with Crippen LogP contribution in [0.3, 0.4) is 0 Å². The molecule has 6 nitrogen and oxygen atoms in total. The largest absolute Gasteiger partial charge is 0.482 e. The third kappa shape index (κ3) is 4.25. The van der Waals surface area contributed by atoms with Gasteiger partial charge in [0.05, 0.1) is 33.5 Å². The SMILES string of the molecule is O=C(Nc1c(Cl)cncc1Cl)c1ccc(OC(F)F)c2c1NCC(C1CCCC1)O2. The van der Waals surface area contributed by atoms with E-state index in [1.807, 2.05) is 0 Å². The Morgan fingerprint density at radius 3 is 2.60 bits per heavy atom. The summed E-state index contributed by atoms with van der Waals surface area (Å²) in [4.78, 5) is 16.8. The zero-order valence-electron chi connectivity index (χ0n) is 15.8. The molecule has 1 saturated carbocycles. The monoisotopic (exact) mass is 457 g/mol. The van der Waals surface area contributed by atoms with Gasteiger partial charge in [-0.25, -0.2) is 0 Å². The van der Waals surface area contributed by atoms with Crippen molar-refractivity contribution in [2.45, 2.75) is 38.4 Å². The van der Waals surface area contributed by atoms with E-state index in [0.717, 1.165) is 25.7 Å². The summed E-state index contributed by atoms with van der Waals surface area (Å²) in [6.45, 7) is -2.55. The van der Waals surface area contributed by atoms with Gasteiger partial charge in [0.1, 0.15) is 6.10 Å². The predicted molar refractivity (Wildman–Crippen MR) is 110 cm³/mol. The van der Waals surface area contributed by atoms with Crippen LogP contribution in [-0.4, -0.2) is 30.2 Å².